The van der Waals surface area contributed by atoms with Gasteiger partial charge in [0.2, 0.25) is 3.79 Å². The molecule has 0 amide bonds. The summed E-state index contributed by atoms with van der Waals surface area (Å²) in [5.41, 5.74) is 6.29. The molecule has 1 aromatic heterocycles. The first-order chi connectivity index (χ1) is 5.00. The standard InChI is InChI=1S/C6H5Cl3N2/c7-6(8,9)5-2-1-4(10)3-11-5/h1-3H,10H2. The molecule has 0 saturated carbocycles. The summed E-state index contributed by atoms with van der Waals surface area (Å²) in [6.45, 7) is 0. The predicted octanol–water partition coefficient (Wildman–Crippen LogP) is 2.49. The van der Waals surface area contributed by atoms with Gasteiger partial charge in [-0.2, -0.15) is 0 Å². The molecule has 0 aliphatic rings. The molecule has 2 N–H and O–H groups in total. The van der Waals surface area contributed by atoms with Crippen molar-refractivity contribution in [3.8, 4) is 0 Å². The molecule has 1 rings (SSSR count). The van der Waals surface area contributed by atoms with E-state index in [-0.39, 0.29) is 0 Å². The van der Waals surface area contributed by atoms with Gasteiger partial charge in [-0.15, -0.1) is 0 Å². The van der Waals surface area contributed by atoms with Gasteiger partial charge in [-0.05, 0) is 12.1 Å². The third-order valence-corrected chi connectivity index (χ3v) is 1.66. The summed E-state index contributed by atoms with van der Waals surface area (Å²) in [4.78, 5) is 3.83. The van der Waals surface area contributed by atoms with E-state index in [9.17, 15) is 0 Å². The Morgan fingerprint density at radius 2 is 1.91 bits per heavy atom. The van der Waals surface area contributed by atoms with Gasteiger partial charge < -0.3 is 5.73 Å². The molecule has 5 heteroatoms. The Balaban J connectivity index is 2.99. The lowest BCUT2D eigenvalue weighted by Crippen LogP contribution is -2.03. The summed E-state index contributed by atoms with van der Waals surface area (Å²) < 4.78 is -1.46. The van der Waals surface area contributed by atoms with Gasteiger partial charge in [0.05, 0.1) is 17.6 Å². The SMILES string of the molecule is Nc1ccc(C(Cl)(Cl)Cl)nc1. The molecule has 0 saturated heterocycles. The van der Waals surface area contributed by atoms with E-state index in [4.69, 9.17) is 40.5 Å². The number of rotatable bonds is 0. The highest BCUT2D eigenvalue weighted by atomic mass is 35.6. The van der Waals surface area contributed by atoms with Crippen molar-refractivity contribution in [3.63, 3.8) is 0 Å². The van der Waals surface area contributed by atoms with Crippen LogP contribution in [0.5, 0.6) is 0 Å². The number of pyridine rings is 1. The quantitative estimate of drug-likeness (QED) is 0.670. The smallest absolute Gasteiger partial charge is 0.232 e. The van der Waals surface area contributed by atoms with Crippen LogP contribution >= 0.6 is 34.8 Å². The molecule has 1 heterocycles. The number of nitrogen functional groups attached to an aromatic ring is 1. The van der Waals surface area contributed by atoms with Crippen molar-refractivity contribution in [1.29, 1.82) is 0 Å². The van der Waals surface area contributed by atoms with E-state index in [1.807, 2.05) is 0 Å². The maximum absolute atomic E-state index is 5.54. The summed E-state index contributed by atoms with van der Waals surface area (Å²) in [6, 6.07) is 3.20. The Hall–Kier alpha value is -0.180. The van der Waals surface area contributed by atoms with Crippen LogP contribution in [0.2, 0.25) is 0 Å². The fourth-order valence-corrected chi connectivity index (χ4v) is 0.908. The number of alkyl halides is 3. The van der Waals surface area contributed by atoms with Crippen molar-refractivity contribution >= 4 is 40.5 Å². The second-order valence-electron chi connectivity index (χ2n) is 1.97. The van der Waals surface area contributed by atoms with Crippen LogP contribution in [0.25, 0.3) is 0 Å². The molecule has 0 bridgehead atoms. The molecule has 2 nitrogen and oxygen atoms in total. The van der Waals surface area contributed by atoms with Crippen molar-refractivity contribution in [2.24, 2.45) is 0 Å². The van der Waals surface area contributed by atoms with Crippen molar-refractivity contribution in [3.05, 3.63) is 24.0 Å². The molecule has 0 aliphatic carbocycles. The second-order valence-corrected chi connectivity index (χ2v) is 4.26. The zero-order valence-electron chi connectivity index (χ0n) is 5.39. The van der Waals surface area contributed by atoms with Crippen LogP contribution in [0.4, 0.5) is 5.69 Å². The van der Waals surface area contributed by atoms with Gasteiger partial charge in [-0.3, -0.25) is 4.98 Å². The molecule has 0 radical (unpaired) electrons. The van der Waals surface area contributed by atoms with Crippen LogP contribution in [-0.4, -0.2) is 4.98 Å². The minimum Gasteiger partial charge on any atom is -0.397 e. The van der Waals surface area contributed by atoms with Crippen LogP contribution in [0.15, 0.2) is 18.3 Å². The normalized spacial score (nSPS) is 11.5. The summed E-state index contributed by atoms with van der Waals surface area (Å²) in [5, 5.41) is 0. The largest absolute Gasteiger partial charge is 0.397 e. The lowest BCUT2D eigenvalue weighted by molar-refractivity contribution is 1.09. The molecule has 0 aliphatic heterocycles. The molecular formula is C6H5Cl3N2. The third kappa shape index (κ3) is 2.40. The van der Waals surface area contributed by atoms with Crippen LogP contribution in [-0.2, 0) is 3.79 Å². The maximum atomic E-state index is 5.54. The molecule has 1 aromatic rings. The first-order valence-corrected chi connectivity index (χ1v) is 3.92. The number of anilines is 1. The highest BCUT2D eigenvalue weighted by Crippen LogP contribution is 2.36. The van der Waals surface area contributed by atoms with Crippen LogP contribution in [0, 0.1) is 0 Å². The predicted molar refractivity (Wildman–Crippen MR) is 47.9 cm³/mol. The lowest BCUT2D eigenvalue weighted by Gasteiger charge is -2.08. The number of nitrogens with zero attached hydrogens (tertiary/aromatic N) is 1. The third-order valence-electron chi connectivity index (χ3n) is 1.08. The van der Waals surface area contributed by atoms with Crippen LogP contribution < -0.4 is 5.73 Å². The van der Waals surface area contributed by atoms with E-state index in [0.29, 0.717) is 11.4 Å². The molecule has 0 spiro atoms. The molecular weight excluding hydrogens is 206 g/mol. The highest BCUT2D eigenvalue weighted by molar-refractivity contribution is 6.66. The minimum atomic E-state index is -1.46. The van der Waals surface area contributed by atoms with Gasteiger partial charge in [0, 0.05) is 0 Å². The van der Waals surface area contributed by atoms with Gasteiger partial charge in [0.1, 0.15) is 0 Å². The number of aromatic nitrogens is 1. The van der Waals surface area contributed by atoms with Crippen molar-refractivity contribution in [2.45, 2.75) is 3.79 Å². The summed E-state index contributed by atoms with van der Waals surface area (Å²) in [6.07, 6.45) is 1.44. The summed E-state index contributed by atoms with van der Waals surface area (Å²) in [7, 11) is 0. The molecule has 11 heavy (non-hydrogen) atoms. The minimum absolute atomic E-state index is 0.372. The molecule has 60 valence electrons. The fourth-order valence-electron chi connectivity index (χ4n) is 0.573. The van der Waals surface area contributed by atoms with Gasteiger partial charge in [-0.25, -0.2) is 0 Å². The van der Waals surface area contributed by atoms with E-state index in [2.05, 4.69) is 4.98 Å². The average molecular weight is 211 g/mol. The molecule has 0 unspecified atom stereocenters. The van der Waals surface area contributed by atoms with E-state index < -0.39 is 3.79 Å². The van der Waals surface area contributed by atoms with Crippen molar-refractivity contribution in [1.82, 2.24) is 4.98 Å². The number of hydrogen-bond acceptors (Lipinski definition) is 2. The molecule has 0 fully saturated rings. The Morgan fingerprint density at radius 1 is 1.27 bits per heavy atom. The van der Waals surface area contributed by atoms with Crippen LogP contribution in [0.3, 0.4) is 0 Å². The number of halogens is 3. The highest BCUT2D eigenvalue weighted by Gasteiger charge is 2.23. The zero-order chi connectivity index (χ0) is 8.48. The van der Waals surface area contributed by atoms with E-state index in [1.54, 1.807) is 12.1 Å². The summed E-state index contributed by atoms with van der Waals surface area (Å²) in [5.74, 6) is 0. The average Bonchev–Trinajstić information content (AvgIpc) is 1.86. The topological polar surface area (TPSA) is 38.9 Å². The van der Waals surface area contributed by atoms with E-state index in [0.717, 1.165) is 0 Å². The van der Waals surface area contributed by atoms with Gasteiger partial charge in [0.25, 0.3) is 0 Å². The van der Waals surface area contributed by atoms with E-state index >= 15 is 0 Å². The fraction of sp³-hybridized carbons (Fsp3) is 0.167. The Labute approximate surface area is 79.3 Å². The number of nitrogens with two attached hydrogens (primary N) is 1. The Morgan fingerprint density at radius 3 is 2.27 bits per heavy atom. The van der Waals surface area contributed by atoms with Crippen LogP contribution in [0.1, 0.15) is 5.69 Å². The van der Waals surface area contributed by atoms with E-state index in [1.165, 1.54) is 6.20 Å². The van der Waals surface area contributed by atoms with Crippen molar-refractivity contribution in [2.75, 3.05) is 5.73 Å². The Bertz CT molecular complexity index is 239. The zero-order valence-corrected chi connectivity index (χ0v) is 7.66. The first-order valence-electron chi connectivity index (χ1n) is 2.79. The molecule has 0 atom stereocenters. The molecule has 0 aromatic carbocycles. The maximum Gasteiger partial charge on any atom is 0.232 e. The van der Waals surface area contributed by atoms with Crippen molar-refractivity contribution < 1.29 is 0 Å². The van der Waals surface area contributed by atoms with Gasteiger partial charge in [0.15, 0.2) is 0 Å². The van der Waals surface area contributed by atoms with Gasteiger partial charge in [-0.1, -0.05) is 34.8 Å². The monoisotopic (exact) mass is 210 g/mol. The summed E-state index contributed by atoms with van der Waals surface area (Å²) >= 11 is 16.6. The van der Waals surface area contributed by atoms with Gasteiger partial charge >= 0.3 is 0 Å². The first kappa shape index (κ1) is 8.91. The number of hydrogen-bond donors (Lipinski definition) is 1. The Kier molecular flexibility index (Phi) is 2.47. The lowest BCUT2D eigenvalue weighted by atomic mass is 10.3. The second kappa shape index (κ2) is 3.05.